The van der Waals surface area contributed by atoms with E-state index < -0.39 is 33.7 Å². The third-order valence-electron chi connectivity index (χ3n) is 3.51. The maximum atomic E-state index is 14.1. The van der Waals surface area contributed by atoms with Gasteiger partial charge in [-0.25, -0.2) is 4.39 Å². The molecule has 1 aliphatic heterocycles. The summed E-state index contributed by atoms with van der Waals surface area (Å²) in [6.45, 7) is 4.59. The Balaban J connectivity index is 2.45. The number of nitrogens with one attached hydrogen (secondary N) is 1. The number of carbonyl (C=O) groups excluding carboxylic acids is 1. The van der Waals surface area contributed by atoms with E-state index in [1.807, 2.05) is 0 Å². The topological polar surface area (TPSA) is 75.5 Å². The van der Waals surface area contributed by atoms with Crippen molar-refractivity contribution >= 4 is 11.6 Å². The molecule has 0 spiro atoms. The van der Waals surface area contributed by atoms with Gasteiger partial charge in [0.25, 0.3) is 5.91 Å². The first-order chi connectivity index (χ1) is 9.82. The second kappa shape index (κ2) is 5.72. The van der Waals surface area contributed by atoms with Crippen LogP contribution in [0.15, 0.2) is 12.1 Å². The lowest BCUT2D eigenvalue weighted by molar-refractivity contribution is -0.387. The van der Waals surface area contributed by atoms with E-state index in [4.69, 9.17) is 0 Å². The maximum absolute atomic E-state index is 14.1. The van der Waals surface area contributed by atoms with Crippen LogP contribution in [-0.2, 0) is 0 Å². The van der Waals surface area contributed by atoms with Gasteiger partial charge in [0.1, 0.15) is 5.82 Å². The zero-order valence-corrected chi connectivity index (χ0v) is 11.6. The zero-order chi connectivity index (χ0) is 15.7. The Morgan fingerprint density at radius 3 is 2.43 bits per heavy atom. The minimum absolute atomic E-state index is 0.219. The standard InChI is InChI=1S/C13H15F2N3O3/c1-7-5-16-6-8(2)17(7)13(19)10-3-9(14)4-11(12(10)15)18(20)21/h3-4,7-8,16H,5-6H2,1-2H3. The van der Waals surface area contributed by atoms with Crippen LogP contribution in [0.1, 0.15) is 24.2 Å². The van der Waals surface area contributed by atoms with Crippen LogP contribution >= 0.6 is 0 Å². The van der Waals surface area contributed by atoms with E-state index in [1.165, 1.54) is 4.90 Å². The molecule has 8 heteroatoms. The Kier molecular flexibility index (Phi) is 4.17. The largest absolute Gasteiger partial charge is 0.331 e. The molecule has 1 heterocycles. The van der Waals surface area contributed by atoms with Crippen LogP contribution in [0.2, 0.25) is 0 Å². The van der Waals surface area contributed by atoms with E-state index in [-0.39, 0.29) is 12.1 Å². The number of piperazine rings is 1. The highest BCUT2D eigenvalue weighted by Crippen LogP contribution is 2.25. The number of benzene rings is 1. The summed E-state index contributed by atoms with van der Waals surface area (Å²) in [7, 11) is 0. The summed E-state index contributed by atoms with van der Waals surface area (Å²) in [6, 6.07) is 0.731. The Labute approximate surface area is 119 Å². The van der Waals surface area contributed by atoms with E-state index in [2.05, 4.69) is 5.32 Å². The molecule has 0 bridgehead atoms. The molecule has 6 nitrogen and oxygen atoms in total. The molecule has 0 aliphatic carbocycles. The molecule has 0 saturated carbocycles. The molecular formula is C13H15F2N3O3. The summed E-state index contributed by atoms with van der Waals surface area (Å²) in [4.78, 5) is 23.5. The molecule has 1 aromatic carbocycles. The van der Waals surface area contributed by atoms with Crippen molar-refractivity contribution in [2.75, 3.05) is 13.1 Å². The molecule has 1 saturated heterocycles. The molecule has 2 rings (SSSR count). The summed E-state index contributed by atoms with van der Waals surface area (Å²) in [5, 5.41) is 13.8. The minimum Gasteiger partial charge on any atom is -0.331 e. The predicted octanol–water partition coefficient (Wildman–Crippen LogP) is 1.70. The second-order valence-corrected chi connectivity index (χ2v) is 5.11. The van der Waals surface area contributed by atoms with Crippen molar-refractivity contribution < 1.29 is 18.5 Å². The van der Waals surface area contributed by atoms with Crippen LogP contribution in [0, 0.1) is 21.7 Å². The van der Waals surface area contributed by atoms with Gasteiger partial charge < -0.3 is 10.2 Å². The first-order valence-electron chi connectivity index (χ1n) is 6.49. The van der Waals surface area contributed by atoms with Crippen molar-refractivity contribution in [2.45, 2.75) is 25.9 Å². The second-order valence-electron chi connectivity index (χ2n) is 5.11. The number of halogens is 2. The Morgan fingerprint density at radius 1 is 1.33 bits per heavy atom. The predicted molar refractivity (Wildman–Crippen MR) is 71.0 cm³/mol. The third-order valence-corrected chi connectivity index (χ3v) is 3.51. The molecule has 1 aliphatic rings. The summed E-state index contributed by atoms with van der Waals surface area (Å²) in [6.07, 6.45) is 0. The number of hydrogen-bond acceptors (Lipinski definition) is 4. The van der Waals surface area contributed by atoms with E-state index in [0.29, 0.717) is 25.2 Å². The summed E-state index contributed by atoms with van der Waals surface area (Å²) < 4.78 is 27.5. The Morgan fingerprint density at radius 2 is 1.90 bits per heavy atom. The zero-order valence-electron chi connectivity index (χ0n) is 11.6. The molecule has 1 N–H and O–H groups in total. The van der Waals surface area contributed by atoms with Gasteiger partial charge in [-0.05, 0) is 19.9 Å². The highest BCUT2D eigenvalue weighted by molar-refractivity contribution is 5.95. The molecule has 0 radical (unpaired) electrons. The van der Waals surface area contributed by atoms with Crippen LogP contribution < -0.4 is 5.32 Å². The Bertz CT molecular complexity index is 584. The van der Waals surface area contributed by atoms with E-state index in [0.717, 1.165) is 0 Å². The molecule has 2 atom stereocenters. The molecule has 1 aromatic rings. The van der Waals surface area contributed by atoms with Gasteiger partial charge in [0.05, 0.1) is 16.6 Å². The smallest absolute Gasteiger partial charge is 0.308 e. The lowest BCUT2D eigenvalue weighted by Gasteiger charge is -2.39. The number of nitro groups is 1. The molecule has 2 unspecified atom stereocenters. The van der Waals surface area contributed by atoms with Crippen LogP contribution in [-0.4, -0.2) is 40.9 Å². The van der Waals surface area contributed by atoms with Crippen molar-refractivity contribution in [2.24, 2.45) is 0 Å². The summed E-state index contributed by atoms with van der Waals surface area (Å²) in [5.41, 5.74) is -1.64. The van der Waals surface area contributed by atoms with Gasteiger partial charge in [-0.15, -0.1) is 0 Å². The normalized spacial score (nSPS) is 22.2. The number of hydrogen-bond donors (Lipinski definition) is 1. The van der Waals surface area contributed by atoms with Gasteiger partial charge in [0, 0.05) is 25.2 Å². The van der Waals surface area contributed by atoms with Gasteiger partial charge >= 0.3 is 5.69 Å². The Hall–Kier alpha value is -2.09. The van der Waals surface area contributed by atoms with Gasteiger partial charge in [0.15, 0.2) is 0 Å². The fourth-order valence-corrected chi connectivity index (χ4v) is 2.53. The highest BCUT2D eigenvalue weighted by Gasteiger charge is 2.33. The molecule has 114 valence electrons. The number of nitro benzene ring substituents is 1. The average molecular weight is 299 g/mol. The number of carbonyl (C=O) groups is 1. The SMILES string of the molecule is CC1CNCC(C)N1C(=O)c1cc(F)cc([N+](=O)[O-])c1F. The lowest BCUT2D eigenvalue weighted by atomic mass is 10.1. The van der Waals surface area contributed by atoms with Gasteiger partial charge in [-0.1, -0.05) is 0 Å². The molecule has 1 amide bonds. The third kappa shape index (κ3) is 2.85. The van der Waals surface area contributed by atoms with Crippen LogP contribution in [0.5, 0.6) is 0 Å². The molecule has 21 heavy (non-hydrogen) atoms. The summed E-state index contributed by atoms with van der Waals surface area (Å²) >= 11 is 0. The first kappa shape index (κ1) is 15.3. The van der Waals surface area contributed by atoms with Gasteiger partial charge in [-0.3, -0.25) is 14.9 Å². The molecule has 0 aromatic heterocycles. The van der Waals surface area contributed by atoms with Crippen molar-refractivity contribution in [3.05, 3.63) is 39.4 Å². The number of rotatable bonds is 2. The first-order valence-corrected chi connectivity index (χ1v) is 6.49. The van der Waals surface area contributed by atoms with Crippen molar-refractivity contribution in [3.63, 3.8) is 0 Å². The van der Waals surface area contributed by atoms with Gasteiger partial charge in [-0.2, -0.15) is 4.39 Å². The highest BCUT2D eigenvalue weighted by atomic mass is 19.1. The minimum atomic E-state index is -1.30. The fraction of sp³-hybridized carbons (Fsp3) is 0.462. The molecular weight excluding hydrogens is 284 g/mol. The molecule has 1 fully saturated rings. The van der Waals surface area contributed by atoms with Crippen LogP contribution in [0.4, 0.5) is 14.5 Å². The van der Waals surface area contributed by atoms with Crippen LogP contribution in [0.3, 0.4) is 0 Å². The average Bonchev–Trinajstić information content (AvgIpc) is 2.40. The van der Waals surface area contributed by atoms with E-state index >= 15 is 0 Å². The van der Waals surface area contributed by atoms with Crippen LogP contribution in [0.25, 0.3) is 0 Å². The van der Waals surface area contributed by atoms with Gasteiger partial charge in [0.2, 0.25) is 5.82 Å². The van der Waals surface area contributed by atoms with Crippen molar-refractivity contribution in [3.8, 4) is 0 Å². The van der Waals surface area contributed by atoms with E-state index in [1.54, 1.807) is 13.8 Å². The fourth-order valence-electron chi connectivity index (χ4n) is 2.53. The van der Waals surface area contributed by atoms with Crippen molar-refractivity contribution in [1.82, 2.24) is 10.2 Å². The number of amides is 1. The maximum Gasteiger partial charge on any atom is 0.308 e. The lowest BCUT2D eigenvalue weighted by Crippen LogP contribution is -2.57. The van der Waals surface area contributed by atoms with Crippen molar-refractivity contribution in [1.29, 1.82) is 0 Å². The summed E-state index contributed by atoms with van der Waals surface area (Å²) in [5.74, 6) is -3.05. The van der Waals surface area contributed by atoms with E-state index in [9.17, 15) is 23.7 Å². The number of nitrogens with zero attached hydrogens (tertiary/aromatic N) is 2. The monoisotopic (exact) mass is 299 g/mol. The quantitative estimate of drug-likeness (QED) is 0.666.